The highest BCUT2D eigenvalue weighted by Gasteiger charge is 2.56. The molecule has 6 rings (SSSR count). The minimum absolute atomic E-state index is 0.0448. The number of hydrogen-bond acceptors (Lipinski definition) is 8. The number of anilines is 2. The van der Waals surface area contributed by atoms with Crippen molar-refractivity contribution in [2.24, 2.45) is 5.92 Å². The number of fused-ring (bicyclic) bond motifs is 2. The van der Waals surface area contributed by atoms with Crippen molar-refractivity contribution in [3.05, 3.63) is 98.7 Å². The minimum Gasteiger partial charge on any atom is -0.508 e. The standard InChI is InChI=1S/C29H22FN3O6S2/c1-39-20-12-8-18(9-13-20)33-26(36)23-22(15-2-4-16(30)5-3-15)25-28(40-24(23)27(33)37)32(29(38)41-25)14-21(35)31-17-6-10-19(34)11-7-17/h2-13,22-24,34H,14H2,1H3,(H,31,35)/t22-,23-,24+/m0/s1. The zero-order valence-electron chi connectivity index (χ0n) is 21.4. The fourth-order valence-electron chi connectivity index (χ4n) is 5.16. The number of aromatic hydroxyl groups is 1. The topological polar surface area (TPSA) is 118 Å². The van der Waals surface area contributed by atoms with Gasteiger partial charge in [-0.3, -0.25) is 23.7 Å². The number of phenolic OH excluding ortho intramolecular Hbond substituents is 1. The van der Waals surface area contributed by atoms with Crippen molar-refractivity contribution in [1.29, 1.82) is 0 Å². The van der Waals surface area contributed by atoms with E-state index in [1.54, 1.807) is 36.4 Å². The molecule has 3 heterocycles. The number of aromatic nitrogens is 1. The second kappa shape index (κ2) is 10.5. The molecule has 0 aliphatic carbocycles. The third-order valence-electron chi connectivity index (χ3n) is 7.06. The summed E-state index contributed by atoms with van der Waals surface area (Å²) >= 11 is 2.00. The largest absolute Gasteiger partial charge is 0.508 e. The lowest BCUT2D eigenvalue weighted by molar-refractivity contribution is -0.122. The smallest absolute Gasteiger partial charge is 0.308 e. The van der Waals surface area contributed by atoms with Gasteiger partial charge in [0.15, 0.2) is 0 Å². The maximum absolute atomic E-state index is 13.9. The van der Waals surface area contributed by atoms with Crippen LogP contribution in [0.25, 0.3) is 0 Å². The number of methoxy groups -OCH3 is 1. The van der Waals surface area contributed by atoms with E-state index < -0.39 is 45.5 Å². The number of halogens is 1. The van der Waals surface area contributed by atoms with Crippen LogP contribution >= 0.6 is 23.1 Å². The molecule has 4 aromatic rings. The molecule has 2 N–H and O–H groups in total. The maximum atomic E-state index is 13.9. The summed E-state index contributed by atoms with van der Waals surface area (Å²) in [6.07, 6.45) is 0. The Bertz CT molecular complexity index is 1720. The predicted octanol–water partition coefficient (Wildman–Crippen LogP) is 4.20. The third kappa shape index (κ3) is 4.78. The lowest BCUT2D eigenvalue weighted by Gasteiger charge is -2.30. The Labute approximate surface area is 241 Å². The van der Waals surface area contributed by atoms with Gasteiger partial charge in [0.25, 0.3) is 0 Å². The van der Waals surface area contributed by atoms with Crippen LogP contribution in [0.5, 0.6) is 11.5 Å². The van der Waals surface area contributed by atoms with Crippen molar-refractivity contribution >= 4 is 52.2 Å². The fraction of sp³-hybridized carbons (Fsp3) is 0.172. The SMILES string of the molecule is COc1ccc(N2C(=O)[C@H]3[C@H](c4ccc(F)cc4)c4sc(=O)n(CC(=O)Nc5ccc(O)cc5)c4S[C@H]3C2=O)cc1. The Hall–Kier alpha value is -4.42. The minimum atomic E-state index is -0.868. The summed E-state index contributed by atoms with van der Waals surface area (Å²) in [5.74, 6) is -2.72. The van der Waals surface area contributed by atoms with Gasteiger partial charge in [-0.1, -0.05) is 35.2 Å². The van der Waals surface area contributed by atoms with Gasteiger partial charge in [-0.25, -0.2) is 9.29 Å². The Morgan fingerprint density at radius 1 is 0.976 bits per heavy atom. The van der Waals surface area contributed by atoms with Crippen molar-refractivity contribution in [2.75, 3.05) is 17.3 Å². The molecule has 208 valence electrons. The van der Waals surface area contributed by atoms with Gasteiger partial charge in [0.05, 0.1) is 23.7 Å². The van der Waals surface area contributed by atoms with Gasteiger partial charge in [-0.05, 0) is 66.2 Å². The summed E-state index contributed by atoms with van der Waals surface area (Å²) in [4.78, 5) is 55.0. The number of carbonyl (C=O) groups excluding carboxylic acids is 3. The predicted molar refractivity (Wildman–Crippen MR) is 152 cm³/mol. The number of thiazole rings is 1. The number of phenols is 1. The molecule has 3 aromatic carbocycles. The van der Waals surface area contributed by atoms with E-state index in [-0.39, 0.29) is 12.3 Å². The molecular formula is C29H22FN3O6S2. The summed E-state index contributed by atoms with van der Waals surface area (Å²) in [5.41, 5.74) is 1.42. The van der Waals surface area contributed by atoms with Gasteiger partial charge in [0.1, 0.15) is 29.1 Å². The monoisotopic (exact) mass is 591 g/mol. The highest BCUT2D eigenvalue weighted by molar-refractivity contribution is 8.00. The molecule has 0 spiro atoms. The average Bonchev–Trinajstić information content (AvgIpc) is 3.41. The van der Waals surface area contributed by atoms with Crippen LogP contribution in [0.2, 0.25) is 0 Å². The van der Waals surface area contributed by atoms with E-state index in [4.69, 9.17) is 4.74 Å². The van der Waals surface area contributed by atoms with E-state index in [0.29, 0.717) is 32.6 Å². The van der Waals surface area contributed by atoms with E-state index in [0.717, 1.165) is 28.0 Å². The Kier molecular flexibility index (Phi) is 6.88. The molecule has 3 atom stereocenters. The Balaban J connectivity index is 1.39. The van der Waals surface area contributed by atoms with E-state index in [1.165, 1.54) is 48.1 Å². The molecule has 2 aliphatic rings. The molecule has 0 radical (unpaired) electrons. The van der Waals surface area contributed by atoms with Crippen LogP contribution in [0.3, 0.4) is 0 Å². The number of imide groups is 1. The second-order valence-corrected chi connectivity index (χ2v) is 11.6. The summed E-state index contributed by atoms with van der Waals surface area (Å²) in [7, 11) is 1.52. The molecule has 1 fully saturated rings. The lowest BCUT2D eigenvalue weighted by atomic mass is 9.83. The van der Waals surface area contributed by atoms with Crippen molar-refractivity contribution in [1.82, 2.24) is 4.57 Å². The first-order valence-electron chi connectivity index (χ1n) is 12.5. The summed E-state index contributed by atoms with van der Waals surface area (Å²) in [5, 5.41) is 11.7. The van der Waals surface area contributed by atoms with E-state index in [1.807, 2.05) is 0 Å². The van der Waals surface area contributed by atoms with Crippen molar-refractivity contribution in [3.8, 4) is 11.5 Å². The summed E-state index contributed by atoms with van der Waals surface area (Å²) in [6, 6.07) is 18.1. The normalized spacial score (nSPS) is 19.6. The van der Waals surface area contributed by atoms with Crippen LogP contribution < -0.4 is 19.8 Å². The first-order valence-corrected chi connectivity index (χ1v) is 14.2. The number of amides is 3. The quantitative estimate of drug-likeness (QED) is 0.255. The number of thioether (sulfide) groups is 1. The lowest BCUT2D eigenvalue weighted by Crippen LogP contribution is -2.33. The zero-order chi connectivity index (χ0) is 28.8. The third-order valence-corrected chi connectivity index (χ3v) is 9.67. The molecule has 0 bridgehead atoms. The van der Waals surface area contributed by atoms with Gasteiger partial charge in [0, 0.05) is 16.5 Å². The number of hydrogen-bond donors (Lipinski definition) is 2. The van der Waals surface area contributed by atoms with Crippen LogP contribution in [0.15, 0.2) is 82.6 Å². The second-order valence-electron chi connectivity index (χ2n) is 9.52. The molecule has 0 unspecified atom stereocenters. The number of ether oxygens (including phenoxy) is 1. The summed E-state index contributed by atoms with van der Waals surface area (Å²) in [6.45, 7) is -0.323. The van der Waals surface area contributed by atoms with Gasteiger partial charge >= 0.3 is 4.87 Å². The number of benzene rings is 3. The first-order chi connectivity index (χ1) is 19.7. The average molecular weight is 592 g/mol. The molecule has 1 aromatic heterocycles. The first kappa shape index (κ1) is 26.8. The Morgan fingerprint density at radius 2 is 1.66 bits per heavy atom. The molecule has 41 heavy (non-hydrogen) atoms. The fourth-order valence-corrected chi connectivity index (χ4v) is 7.93. The molecule has 2 aliphatic heterocycles. The van der Waals surface area contributed by atoms with Gasteiger partial charge in [-0.2, -0.15) is 0 Å². The highest BCUT2D eigenvalue weighted by atomic mass is 32.2. The molecular weight excluding hydrogens is 569 g/mol. The van der Waals surface area contributed by atoms with Crippen LogP contribution in [0.1, 0.15) is 16.4 Å². The zero-order valence-corrected chi connectivity index (χ0v) is 23.1. The van der Waals surface area contributed by atoms with Crippen molar-refractivity contribution in [3.63, 3.8) is 0 Å². The van der Waals surface area contributed by atoms with Gasteiger partial charge in [0.2, 0.25) is 17.7 Å². The molecule has 12 heteroatoms. The van der Waals surface area contributed by atoms with Crippen molar-refractivity contribution in [2.45, 2.75) is 22.7 Å². The van der Waals surface area contributed by atoms with Crippen LogP contribution in [0.4, 0.5) is 15.8 Å². The van der Waals surface area contributed by atoms with Gasteiger partial charge < -0.3 is 15.2 Å². The van der Waals surface area contributed by atoms with Crippen LogP contribution in [0, 0.1) is 11.7 Å². The summed E-state index contributed by atoms with van der Waals surface area (Å²) < 4.78 is 20.4. The van der Waals surface area contributed by atoms with Crippen LogP contribution in [-0.4, -0.2) is 39.8 Å². The molecule has 9 nitrogen and oxygen atoms in total. The number of nitrogens with zero attached hydrogens (tertiary/aromatic N) is 2. The molecule has 1 saturated heterocycles. The number of nitrogens with one attached hydrogen (secondary N) is 1. The van der Waals surface area contributed by atoms with Gasteiger partial charge in [-0.15, -0.1) is 0 Å². The molecule has 3 amide bonds. The Morgan fingerprint density at radius 3 is 2.32 bits per heavy atom. The van der Waals surface area contributed by atoms with E-state index >= 15 is 0 Å². The van der Waals surface area contributed by atoms with E-state index in [2.05, 4.69) is 5.32 Å². The highest BCUT2D eigenvalue weighted by Crippen LogP contribution is 2.53. The van der Waals surface area contributed by atoms with Crippen molar-refractivity contribution < 1.29 is 28.6 Å². The molecule has 0 saturated carbocycles. The van der Waals surface area contributed by atoms with Crippen LogP contribution in [-0.2, 0) is 20.9 Å². The maximum Gasteiger partial charge on any atom is 0.308 e. The van der Waals surface area contributed by atoms with E-state index in [9.17, 15) is 28.7 Å². The number of carbonyl (C=O) groups is 3. The number of rotatable bonds is 6.